The first kappa shape index (κ1) is 17.4. The summed E-state index contributed by atoms with van der Waals surface area (Å²) < 4.78 is 14.0. The summed E-state index contributed by atoms with van der Waals surface area (Å²) in [6.07, 6.45) is 6.64. The summed E-state index contributed by atoms with van der Waals surface area (Å²) in [4.78, 5) is 21.6. The highest BCUT2D eigenvalue weighted by molar-refractivity contribution is 8.00. The fourth-order valence-electron chi connectivity index (χ4n) is 2.18. The third kappa shape index (κ3) is 3.98. The molecule has 0 fully saturated rings. The zero-order chi connectivity index (χ0) is 17.8. The Balaban J connectivity index is 1.88. The molecule has 3 aromatic rings. The largest absolute Gasteiger partial charge is 0.344 e. The van der Waals surface area contributed by atoms with Gasteiger partial charge >= 0.3 is 0 Å². The SMILES string of the molecule is C#CCNC(=O)[C@@H](C)Sc1ncnc2cc(-c3ccc(F)cc3)sc12. The third-order valence-electron chi connectivity index (χ3n) is 3.43. The molecule has 2 aromatic heterocycles. The predicted molar refractivity (Wildman–Crippen MR) is 100.0 cm³/mol. The highest BCUT2D eigenvalue weighted by Crippen LogP contribution is 2.37. The Labute approximate surface area is 152 Å². The minimum atomic E-state index is -0.331. The molecule has 7 heteroatoms. The fourth-order valence-corrected chi connectivity index (χ4v) is 4.29. The van der Waals surface area contributed by atoms with E-state index >= 15 is 0 Å². The molecular formula is C18H14FN3OS2. The Morgan fingerprint density at radius 3 is 2.88 bits per heavy atom. The summed E-state index contributed by atoms with van der Waals surface area (Å²) in [5, 5.41) is 3.08. The first-order valence-electron chi connectivity index (χ1n) is 7.47. The average molecular weight is 371 g/mol. The lowest BCUT2D eigenvalue weighted by Gasteiger charge is -2.10. The van der Waals surface area contributed by atoms with Crippen LogP contribution in [0.3, 0.4) is 0 Å². The van der Waals surface area contributed by atoms with Gasteiger partial charge in [-0.1, -0.05) is 29.8 Å². The van der Waals surface area contributed by atoms with E-state index in [1.807, 2.05) is 6.07 Å². The van der Waals surface area contributed by atoms with E-state index in [0.29, 0.717) is 0 Å². The minimum Gasteiger partial charge on any atom is -0.344 e. The van der Waals surface area contributed by atoms with Crippen molar-refractivity contribution in [2.75, 3.05) is 6.54 Å². The number of benzene rings is 1. The monoisotopic (exact) mass is 371 g/mol. The molecule has 0 unspecified atom stereocenters. The number of nitrogens with one attached hydrogen (secondary N) is 1. The molecule has 1 atom stereocenters. The number of amides is 1. The molecule has 25 heavy (non-hydrogen) atoms. The lowest BCUT2D eigenvalue weighted by Crippen LogP contribution is -2.31. The summed E-state index contributed by atoms with van der Waals surface area (Å²) in [5.41, 5.74) is 1.72. The van der Waals surface area contributed by atoms with E-state index in [2.05, 4.69) is 21.2 Å². The van der Waals surface area contributed by atoms with Crippen molar-refractivity contribution in [2.45, 2.75) is 17.2 Å². The topological polar surface area (TPSA) is 54.9 Å². The maximum atomic E-state index is 13.1. The number of terminal acetylenes is 1. The zero-order valence-electron chi connectivity index (χ0n) is 13.3. The number of nitrogens with zero attached hydrogens (tertiary/aromatic N) is 2. The van der Waals surface area contributed by atoms with Crippen molar-refractivity contribution in [1.29, 1.82) is 0 Å². The Hall–Kier alpha value is -2.43. The lowest BCUT2D eigenvalue weighted by atomic mass is 10.2. The lowest BCUT2D eigenvalue weighted by molar-refractivity contribution is -0.120. The van der Waals surface area contributed by atoms with Gasteiger partial charge in [0, 0.05) is 4.88 Å². The number of halogens is 1. The molecule has 126 valence electrons. The van der Waals surface area contributed by atoms with Crippen molar-refractivity contribution in [3.8, 4) is 22.8 Å². The van der Waals surface area contributed by atoms with E-state index in [1.54, 1.807) is 19.1 Å². The van der Waals surface area contributed by atoms with Crippen LogP contribution in [0.25, 0.3) is 20.7 Å². The van der Waals surface area contributed by atoms with Gasteiger partial charge in [0.15, 0.2) is 0 Å². The molecule has 0 spiro atoms. The van der Waals surface area contributed by atoms with Crippen molar-refractivity contribution < 1.29 is 9.18 Å². The van der Waals surface area contributed by atoms with E-state index in [0.717, 1.165) is 25.7 Å². The van der Waals surface area contributed by atoms with E-state index in [1.165, 1.54) is 41.6 Å². The first-order chi connectivity index (χ1) is 12.1. The molecule has 0 aliphatic rings. The molecule has 0 aliphatic carbocycles. The number of carbonyl (C=O) groups excluding carboxylic acids is 1. The quantitative estimate of drug-likeness (QED) is 0.422. The van der Waals surface area contributed by atoms with Gasteiger partial charge < -0.3 is 5.32 Å². The van der Waals surface area contributed by atoms with Crippen LogP contribution < -0.4 is 5.32 Å². The smallest absolute Gasteiger partial charge is 0.234 e. The highest BCUT2D eigenvalue weighted by Gasteiger charge is 2.18. The van der Waals surface area contributed by atoms with Gasteiger partial charge in [-0.2, -0.15) is 0 Å². The zero-order valence-corrected chi connectivity index (χ0v) is 15.0. The number of hydrogen-bond acceptors (Lipinski definition) is 5. The molecule has 0 aliphatic heterocycles. The molecule has 2 heterocycles. The Morgan fingerprint density at radius 2 is 2.16 bits per heavy atom. The average Bonchev–Trinajstić information content (AvgIpc) is 3.05. The van der Waals surface area contributed by atoms with Crippen LogP contribution in [0, 0.1) is 18.2 Å². The van der Waals surface area contributed by atoms with Gasteiger partial charge in [0.1, 0.15) is 17.2 Å². The Bertz CT molecular complexity index is 947. The van der Waals surface area contributed by atoms with Crippen LogP contribution in [0.2, 0.25) is 0 Å². The summed E-state index contributed by atoms with van der Waals surface area (Å²) in [7, 11) is 0. The number of hydrogen-bond donors (Lipinski definition) is 1. The summed E-state index contributed by atoms with van der Waals surface area (Å²) in [6, 6.07) is 8.27. The van der Waals surface area contributed by atoms with Crippen molar-refractivity contribution in [3.63, 3.8) is 0 Å². The number of fused-ring (bicyclic) bond motifs is 1. The number of thiophene rings is 1. The van der Waals surface area contributed by atoms with Gasteiger partial charge in [-0.05, 0) is 30.7 Å². The van der Waals surface area contributed by atoms with Gasteiger partial charge in [-0.25, -0.2) is 14.4 Å². The molecule has 0 radical (unpaired) electrons. The van der Waals surface area contributed by atoms with Crippen LogP contribution in [0.5, 0.6) is 0 Å². The summed E-state index contributed by atoms with van der Waals surface area (Å²) in [6.45, 7) is 2.01. The molecule has 0 saturated carbocycles. The van der Waals surface area contributed by atoms with Crippen LogP contribution >= 0.6 is 23.1 Å². The molecule has 0 saturated heterocycles. The van der Waals surface area contributed by atoms with Gasteiger partial charge in [0.05, 0.1) is 22.0 Å². The summed E-state index contributed by atoms with van der Waals surface area (Å²) in [5.74, 6) is 1.98. The van der Waals surface area contributed by atoms with Crippen LogP contribution in [0.4, 0.5) is 4.39 Å². The molecule has 4 nitrogen and oxygen atoms in total. The predicted octanol–water partition coefficient (Wildman–Crippen LogP) is 3.73. The number of thioether (sulfide) groups is 1. The molecule has 3 rings (SSSR count). The van der Waals surface area contributed by atoms with Gasteiger partial charge in [0.25, 0.3) is 0 Å². The second-order valence-electron chi connectivity index (χ2n) is 5.19. The van der Waals surface area contributed by atoms with E-state index < -0.39 is 0 Å². The molecule has 1 amide bonds. The van der Waals surface area contributed by atoms with Crippen LogP contribution in [-0.2, 0) is 4.79 Å². The maximum absolute atomic E-state index is 13.1. The van der Waals surface area contributed by atoms with E-state index in [4.69, 9.17) is 6.42 Å². The second-order valence-corrected chi connectivity index (χ2v) is 7.57. The van der Waals surface area contributed by atoms with Crippen molar-refractivity contribution >= 4 is 39.2 Å². The highest BCUT2D eigenvalue weighted by atomic mass is 32.2. The second kappa shape index (κ2) is 7.64. The minimum absolute atomic E-state index is 0.134. The van der Waals surface area contributed by atoms with Crippen molar-refractivity contribution in [3.05, 3.63) is 42.5 Å². The number of carbonyl (C=O) groups is 1. The maximum Gasteiger partial charge on any atom is 0.234 e. The van der Waals surface area contributed by atoms with E-state index in [-0.39, 0.29) is 23.5 Å². The number of aromatic nitrogens is 2. The standard InChI is InChI=1S/C18H14FN3OS2/c1-3-8-20-17(23)11(2)24-18-16-14(21-10-22-18)9-15(25-16)12-4-6-13(19)7-5-12/h1,4-7,9-11H,8H2,2H3,(H,20,23)/t11-/m1/s1. The van der Waals surface area contributed by atoms with Crippen LogP contribution in [-0.4, -0.2) is 27.7 Å². The fraction of sp³-hybridized carbons (Fsp3) is 0.167. The van der Waals surface area contributed by atoms with Crippen molar-refractivity contribution in [2.24, 2.45) is 0 Å². The number of rotatable bonds is 5. The van der Waals surface area contributed by atoms with Gasteiger partial charge in [-0.15, -0.1) is 17.8 Å². The van der Waals surface area contributed by atoms with Crippen LogP contribution in [0.15, 0.2) is 41.7 Å². The molecule has 0 bridgehead atoms. The van der Waals surface area contributed by atoms with E-state index in [9.17, 15) is 9.18 Å². The third-order valence-corrected chi connectivity index (χ3v) is 5.84. The van der Waals surface area contributed by atoms with Crippen LogP contribution in [0.1, 0.15) is 6.92 Å². The van der Waals surface area contributed by atoms with Crippen molar-refractivity contribution in [1.82, 2.24) is 15.3 Å². The normalized spacial score (nSPS) is 11.9. The van der Waals surface area contributed by atoms with Gasteiger partial charge in [0.2, 0.25) is 5.91 Å². The Kier molecular flexibility index (Phi) is 5.31. The molecule has 1 aromatic carbocycles. The summed E-state index contributed by atoms with van der Waals surface area (Å²) >= 11 is 2.88. The molecular weight excluding hydrogens is 357 g/mol. The van der Waals surface area contributed by atoms with Gasteiger partial charge in [-0.3, -0.25) is 4.79 Å². The Morgan fingerprint density at radius 1 is 1.40 bits per heavy atom. The molecule has 1 N–H and O–H groups in total. The first-order valence-corrected chi connectivity index (χ1v) is 9.16.